The molecule has 2 aliphatic carbocycles. The molecule has 1 N–H and O–H groups in total. The molecule has 1 amide bonds. The predicted octanol–water partition coefficient (Wildman–Crippen LogP) is 2.89. The van der Waals surface area contributed by atoms with Crippen molar-refractivity contribution in [2.24, 2.45) is 0 Å². The summed E-state index contributed by atoms with van der Waals surface area (Å²) in [5.41, 5.74) is 5.39. The Balaban J connectivity index is 1.94. The zero-order chi connectivity index (χ0) is 17.1. The number of fused-ring (bicyclic) bond motifs is 2. The summed E-state index contributed by atoms with van der Waals surface area (Å²) < 4.78 is 15.9. The number of hydrogen-bond acceptors (Lipinski definition) is 4. The SMILES string of the molecule is COCC(=O)NC[C@@H]1C2=C(CCCC2)c2cc(OC)c(OC)cc21. The molecular formula is C19H25NO4. The third-order valence-electron chi connectivity index (χ3n) is 4.97. The molecular weight excluding hydrogens is 306 g/mol. The highest BCUT2D eigenvalue weighted by molar-refractivity contribution is 5.82. The van der Waals surface area contributed by atoms with Crippen LogP contribution >= 0.6 is 0 Å². The summed E-state index contributed by atoms with van der Waals surface area (Å²) in [5.74, 6) is 1.64. The molecule has 130 valence electrons. The van der Waals surface area contributed by atoms with Gasteiger partial charge in [0.15, 0.2) is 11.5 Å². The lowest BCUT2D eigenvalue weighted by atomic mass is 9.87. The van der Waals surface area contributed by atoms with Gasteiger partial charge in [-0.3, -0.25) is 4.79 Å². The Hall–Kier alpha value is -2.01. The highest BCUT2D eigenvalue weighted by atomic mass is 16.5. The maximum Gasteiger partial charge on any atom is 0.246 e. The zero-order valence-electron chi connectivity index (χ0n) is 14.6. The van der Waals surface area contributed by atoms with Crippen LogP contribution in [0, 0.1) is 0 Å². The summed E-state index contributed by atoms with van der Waals surface area (Å²) in [7, 11) is 4.85. The van der Waals surface area contributed by atoms with Gasteiger partial charge in [-0.2, -0.15) is 0 Å². The molecule has 5 nitrogen and oxygen atoms in total. The van der Waals surface area contributed by atoms with Crippen molar-refractivity contribution >= 4 is 11.5 Å². The minimum Gasteiger partial charge on any atom is -0.493 e. The summed E-state index contributed by atoms with van der Waals surface area (Å²) in [5, 5.41) is 3.00. The monoisotopic (exact) mass is 331 g/mol. The zero-order valence-corrected chi connectivity index (χ0v) is 14.6. The van der Waals surface area contributed by atoms with Crippen LogP contribution < -0.4 is 14.8 Å². The molecule has 0 aliphatic heterocycles. The number of rotatable bonds is 6. The standard InChI is InChI=1S/C19H25NO4/c1-22-11-19(21)20-10-16-13-7-5-4-6-12(13)14-8-17(23-2)18(24-3)9-15(14)16/h8-9,16H,4-7,10-11H2,1-3H3,(H,20,21)/t16-/m1/s1. The maximum atomic E-state index is 11.8. The van der Waals surface area contributed by atoms with Gasteiger partial charge in [0.2, 0.25) is 5.91 Å². The Bertz CT molecular complexity index is 666. The van der Waals surface area contributed by atoms with Crippen molar-refractivity contribution in [2.75, 3.05) is 34.5 Å². The first-order valence-corrected chi connectivity index (χ1v) is 8.43. The van der Waals surface area contributed by atoms with Gasteiger partial charge in [-0.15, -0.1) is 0 Å². The van der Waals surface area contributed by atoms with E-state index in [-0.39, 0.29) is 18.4 Å². The number of carbonyl (C=O) groups is 1. The minimum atomic E-state index is -0.0793. The van der Waals surface area contributed by atoms with Crippen LogP contribution in [0.4, 0.5) is 0 Å². The second-order valence-corrected chi connectivity index (χ2v) is 6.30. The van der Waals surface area contributed by atoms with Crippen LogP contribution in [0.25, 0.3) is 5.57 Å². The van der Waals surface area contributed by atoms with Gasteiger partial charge in [0.1, 0.15) is 6.61 Å². The van der Waals surface area contributed by atoms with Crippen LogP contribution in [0.5, 0.6) is 11.5 Å². The quantitative estimate of drug-likeness (QED) is 0.871. The van der Waals surface area contributed by atoms with Crippen molar-refractivity contribution < 1.29 is 19.0 Å². The van der Waals surface area contributed by atoms with Crippen LogP contribution in [0.1, 0.15) is 42.7 Å². The van der Waals surface area contributed by atoms with Crippen molar-refractivity contribution in [1.29, 1.82) is 0 Å². The lowest BCUT2D eigenvalue weighted by Gasteiger charge is -2.20. The summed E-state index contributed by atoms with van der Waals surface area (Å²) in [6.45, 7) is 0.695. The smallest absolute Gasteiger partial charge is 0.246 e. The molecule has 0 spiro atoms. The summed E-state index contributed by atoms with van der Waals surface area (Å²) in [4.78, 5) is 11.8. The van der Waals surface area contributed by atoms with Crippen molar-refractivity contribution in [1.82, 2.24) is 5.32 Å². The Morgan fingerprint density at radius 3 is 2.54 bits per heavy atom. The number of ether oxygens (including phenoxy) is 3. The molecule has 0 bridgehead atoms. The predicted molar refractivity (Wildman–Crippen MR) is 92.6 cm³/mol. The van der Waals surface area contributed by atoms with E-state index in [0.717, 1.165) is 24.3 Å². The van der Waals surface area contributed by atoms with E-state index >= 15 is 0 Å². The van der Waals surface area contributed by atoms with Crippen LogP contribution in [0.3, 0.4) is 0 Å². The number of carbonyl (C=O) groups excluding carboxylic acids is 1. The van der Waals surface area contributed by atoms with E-state index in [4.69, 9.17) is 14.2 Å². The molecule has 24 heavy (non-hydrogen) atoms. The Morgan fingerprint density at radius 1 is 1.12 bits per heavy atom. The first kappa shape index (κ1) is 16.8. The van der Waals surface area contributed by atoms with Gasteiger partial charge in [-0.05, 0) is 54.5 Å². The highest BCUT2D eigenvalue weighted by Crippen LogP contribution is 2.51. The molecule has 3 rings (SSSR count). The highest BCUT2D eigenvalue weighted by Gasteiger charge is 2.33. The molecule has 0 fully saturated rings. The number of nitrogens with one attached hydrogen (secondary N) is 1. The Morgan fingerprint density at radius 2 is 1.83 bits per heavy atom. The van der Waals surface area contributed by atoms with E-state index in [2.05, 4.69) is 17.4 Å². The van der Waals surface area contributed by atoms with E-state index < -0.39 is 0 Å². The molecule has 0 aromatic heterocycles. The third kappa shape index (κ3) is 3.00. The van der Waals surface area contributed by atoms with Crippen LogP contribution in [0.2, 0.25) is 0 Å². The number of amides is 1. The number of allylic oxidation sites excluding steroid dienone is 1. The number of methoxy groups -OCH3 is 3. The van der Waals surface area contributed by atoms with Gasteiger partial charge in [-0.1, -0.05) is 5.57 Å². The molecule has 0 unspecified atom stereocenters. The average molecular weight is 331 g/mol. The normalized spacial score (nSPS) is 18.9. The lowest BCUT2D eigenvalue weighted by molar-refractivity contribution is -0.124. The Kier molecular flexibility index (Phi) is 5.09. The van der Waals surface area contributed by atoms with Gasteiger partial charge < -0.3 is 19.5 Å². The Labute approximate surface area is 143 Å². The third-order valence-corrected chi connectivity index (χ3v) is 4.97. The van der Waals surface area contributed by atoms with Crippen molar-refractivity contribution in [2.45, 2.75) is 31.6 Å². The molecule has 5 heteroatoms. The van der Waals surface area contributed by atoms with E-state index in [1.807, 2.05) is 0 Å². The fourth-order valence-corrected chi connectivity index (χ4v) is 3.88. The number of hydrogen-bond donors (Lipinski definition) is 1. The van der Waals surface area contributed by atoms with Gasteiger partial charge in [0.05, 0.1) is 14.2 Å². The molecule has 0 saturated carbocycles. The van der Waals surface area contributed by atoms with Gasteiger partial charge >= 0.3 is 0 Å². The largest absolute Gasteiger partial charge is 0.493 e. The second-order valence-electron chi connectivity index (χ2n) is 6.30. The topological polar surface area (TPSA) is 56.8 Å². The van der Waals surface area contributed by atoms with Crippen LogP contribution in [0.15, 0.2) is 17.7 Å². The van der Waals surface area contributed by atoms with Gasteiger partial charge in [0, 0.05) is 19.6 Å². The van der Waals surface area contributed by atoms with Crippen LogP contribution in [-0.2, 0) is 9.53 Å². The molecule has 1 atom stereocenters. The molecule has 2 aliphatic rings. The van der Waals surface area contributed by atoms with Crippen molar-refractivity contribution in [3.05, 3.63) is 28.8 Å². The first-order chi connectivity index (χ1) is 11.7. The van der Waals surface area contributed by atoms with E-state index in [1.54, 1.807) is 14.2 Å². The second kappa shape index (κ2) is 7.26. The van der Waals surface area contributed by atoms with Crippen molar-refractivity contribution in [3.8, 4) is 11.5 Å². The molecule has 0 saturated heterocycles. The van der Waals surface area contributed by atoms with E-state index in [9.17, 15) is 4.79 Å². The minimum absolute atomic E-state index is 0.0793. The lowest BCUT2D eigenvalue weighted by Crippen LogP contribution is -2.31. The van der Waals surface area contributed by atoms with E-state index in [0.29, 0.717) is 6.54 Å². The van der Waals surface area contributed by atoms with Crippen molar-refractivity contribution in [3.63, 3.8) is 0 Å². The van der Waals surface area contributed by atoms with Crippen LogP contribution in [-0.4, -0.2) is 40.4 Å². The molecule has 0 radical (unpaired) electrons. The fraction of sp³-hybridized carbons (Fsp3) is 0.526. The maximum absolute atomic E-state index is 11.8. The molecule has 1 aromatic carbocycles. The first-order valence-electron chi connectivity index (χ1n) is 8.43. The fourth-order valence-electron chi connectivity index (χ4n) is 3.88. The summed E-state index contributed by atoms with van der Waals surface area (Å²) in [6.07, 6.45) is 4.62. The van der Waals surface area contributed by atoms with E-state index in [1.165, 1.54) is 42.2 Å². The molecule has 0 heterocycles. The molecule has 1 aromatic rings. The summed E-state index contributed by atoms with van der Waals surface area (Å²) >= 11 is 0. The summed E-state index contributed by atoms with van der Waals surface area (Å²) in [6, 6.07) is 4.16. The van der Waals surface area contributed by atoms with Gasteiger partial charge in [-0.25, -0.2) is 0 Å². The van der Waals surface area contributed by atoms with Gasteiger partial charge in [0.25, 0.3) is 0 Å². The average Bonchev–Trinajstić information content (AvgIpc) is 2.92. The number of benzene rings is 1.